The lowest BCUT2D eigenvalue weighted by atomic mass is 9.89. The van der Waals surface area contributed by atoms with E-state index in [2.05, 4.69) is 27.5 Å². The van der Waals surface area contributed by atoms with Gasteiger partial charge in [0.15, 0.2) is 11.6 Å². The number of carbonyl (C=O) groups excluding carboxylic acids is 1. The monoisotopic (exact) mass is 399 g/mol. The molecule has 0 atom stereocenters. The van der Waals surface area contributed by atoms with Crippen LogP contribution in [-0.4, -0.2) is 42.5 Å². The van der Waals surface area contributed by atoms with Crippen molar-refractivity contribution in [3.8, 4) is 5.75 Å². The van der Waals surface area contributed by atoms with Crippen molar-refractivity contribution in [3.05, 3.63) is 59.8 Å². The van der Waals surface area contributed by atoms with Crippen LogP contribution < -0.4 is 10.1 Å². The average Bonchev–Trinajstić information content (AvgIpc) is 3.14. The van der Waals surface area contributed by atoms with E-state index in [1.54, 1.807) is 7.11 Å². The normalized spacial score (nSPS) is 15.6. The Bertz CT molecular complexity index is 1030. The van der Waals surface area contributed by atoms with Crippen molar-refractivity contribution in [2.75, 3.05) is 32.1 Å². The molecule has 0 aliphatic carbocycles. The number of piperidine rings is 1. The number of halogens is 2. The molecular weight excluding hydrogens is 376 g/mol. The number of ether oxygens (including phenoxy) is 1. The molecule has 29 heavy (non-hydrogen) atoms. The molecule has 0 radical (unpaired) electrons. The second kappa shape index (κ2) is 8.21. The predicted octanol–water partition coefficient (Wildman–Crippen LogP) is 4.27. The number of nitrogens with zero attached hydrogens (tertiary/aromatic N) is 1. The highest BCUT2D eigenvalue weighted by molar-refractivity contribution is 5.92. The Balaban J connectivity index is 1.34. The van der Waals surface area contributed by atoms with Crippen molar-refractivity contribution in [2.24, 2.45) is 0 Å². The second-order valence-electron chi connectivity index (χ2n) is 7.38. The van der Waals surface area contributed by atoms with E-state index in [9.17, 15) is 13.6 Å². The van der Waals surface area contributed by atoms with E-state index < -0.39 is 11.6 Å². The summed E-state index contributed by atoms with van der Waals surface area (Å²) in [5.74, 6) is -0.878. The minimum atomic E-state index is -0.973. The van der Waals surface area contributed by atoms with Crippen LogP contribution in [0, 0.1) is 11.6 Å². The number of amides is 1. The number of carbonyl (C=O) groups is 1. The number of aromatic amines is 1. The summed E-state index contributed by atoms with van der Waals surface area (Å²) in [7, 11) is 1.66. The summed E-state index contributed by atoms with van der Waals surface area (Å²) >= 11 is 0. The number of fused-ring (bicyclic) bond motifs is 1. The smallest absolute Gasteiger partial charge is 0.238 e. The fourth-order valence-electron chi connectivity index (χ4n) is 3.97. The van der Waals surface area contributed by atoms with Crippen LogP contribution >= 0.6 is 0 Å². The number of hydrogen-bond acceptors (Lipinski definition) is 3. The molecule has 0 bridgehead atoms. The Kier molecular flexibility index (Phi) is 5.49. The molecule has 1 fully saturated rings. The van der Waals surface area contributed by atoms with Crippen molar-refractivity contribution >= 4 is 22.5 Å². The van der Waals surface area contributed by atoms with Crippen molar-refractivity contribution in [1.29, 1.82) is 0 Å². The first-order chi connectivity index (χ1) is 14.0. The van der Waals surface area contributed by atoms with Gasteiger partial charge in [-0.1, -0.05) is 0 Å². The minimum Gasteiger partial charge on any atom is -0.497 e. The van der Waals surface area contributed by atoms with Gasteiger partial charge in [-0.2, -0.15) is 0 Å². The Morgan fingerprint density at radius 2 is 1.97 bits per heavy atom. The maximum Gasteiger partial charge on any atom is 0.238 e. The van der Waals surface area contributed by atoms with Crippen molar-refractivity contribution in [2.45, 2.75) is 18.8 Å². The van der Waals surface area contributed by atoms with Gasteiger partial charge in [-0.25, -0.2) is 8.78 Å². The fraction of sp³-hybridized carbons (Fsp3) is 0.318. The third-order valence-corrected chi connectivity index (χ3v) is 5.52. The SMILES string of the molecule is COc1ccc2[nH]cc(C3CCN(CC(=O)Nc4ccc(F)c(F)c4)CC3)c2c1. The van der Waals surface area contributed by atoms with E-state index in [1.807, 2.05) is 12.1 Å². The Morgan fingerprint density at radius 1 is 1.17 bits per heavy atom. The van der Waals surface area contributed by atoms with E-state index in [0.717, 1.165) is 49.3 Å². The molecule has 1 aliphatic rings. The summed E-state index contributed by atoms with van der Waals surface area (Å²) in [4.78, 5) is 17.7. The maximum absolute atomic E-state index is 13.3. The highest BCUT2D eigenvalue weighted by atomic mass is 19.2. The first-order valence-corrected chi connectivity index (χ1v) is 9.66. The number of methoxy groups -OCH3 is 1. The van der Waals surface area contributed by atoms with Crippen LogP contribution in [0.3, 0.4) is 0 Å². The van der Waals surface area contributed by atoms with Gasteiger partial charge in [-0.3, -0.25) is 9.69 Å². The average molecular weight is 399 g/mol. The zero-order valence-electron chi connectivity index (χ0n) is 16.2. The van der Waals surface area contributed by atoms with Gasteiger partial charge < -0.3 is 15.0 Å². The minimum absolute atomic E-state index is 0.230. The molecule has 5 nitrogen and oxygen atoms in total. The van der Waals surface area contributed by atoms with E-state index in [-0.39, 0.29) is 18.1 Å². The molecule has 1 saturated heterocycles. The molecule has 3 aromatic rings. The molecule has 2 heterocycles. The van der Waals surface area contributed by atoms with Crippen LogP contribution in [0.15, 0.2) is 42.6 Å². The van der Waals surface area contributed by atoms with Crippen molar-refractivity contribution < 1.29 is 18.3 Å². The number of rotatable bonds is 5. The lowest BCUT2D eigenvalue weighted by Crippen LogP contribution is -2.38. The van der Waals surface area contributed by atoms with Crippen LogP contribution in [0.25, 0.3) is 10.9 Å². The number of aromatic nitrogens is 1. The predicted molar refractivity (Wildman–Crippen MR) is 108 cm³/mol. The molecule has 0 spiro atoms. The van der Waals surface area contributed by atoms with Gasteiger partial charge in [0.1, 0.15) is 5.75 Å². The lowest BCUT2D eigenvalue weighted by Gasteiger charge is -2.31. The summed E-state index contributed by atoms with van der Waals surface area (Å²) in [6.45, 7) is 1.83. The van der Waals surface area contributed by atoms with Gasteiger partial charge in [0.2, 0.25) is 5.91 Å². The number of likely N-dealkylation sites (tertiary alicyclic amines) is 1. The summed E-state index contributed by atoms with van der Waals surface area (Å²) in [5.41, 5.74) is 2.63. The highest BCUT2D eigenvalue weighted by Gasteiger charge is 2.24. The second-order valence-corrected chi connectivity index (χ2v) is 7.38. The van der Waals surface area contributed by atoms with E-state index in [1.165, 1.54) is 17.0 Å². The van der Waals surface area contributed by atoms with Crippen molar-refractivity contribution in [1.82, 2.24) is 9.88 Å². The van der Waals surface area contributed by atoms with Gasteiger partial charge in [-0.05, 0) is 67.7 Å². The summed E-state index contributed by atoms with van der Waals surface area (Å²) in [6, 6.07) is 9.38. The van der Waals surface area contributed by atoms with Gasteiger partial charge in [0.05, 0.1) is 13.7 Å². The quantitative estimate of drug-likeness (QED) is 0.674. The largest absolute Gasteiger partial charge is 0.497 e. The van der Waals surface area contributed by atoms with E-state index in [0.29, 0.717) is 5.92 Å². The fourth-order valence-corrected chi connectivity index (χ4v) is 3.97. The van der Waals surface area contributed by atoms with Crippen LogP contribution in [0.1, 0.15) is 24.3 Å². The number of benzene rings is 2. The number of anilines is 1. The van der Waals surface area contributed by atoms with Crippen LogP contribution in [0.5, 0.6) is 5.75 Å². The zero-order chi connectivity index (χ0) is 20.4. The first-order valence-electron chi connectivity index (χ1n) is 9.66. The van der Waals surface area contributed by atoms with E-state index >= 15 is 0 Å². The zero-order valence-corrected chi connectivity index (χ0v) is 16.2. The molecule has 1 amide bonds. The molecule has 0 unspecified atom stereocenters. The maximum atomic E-state index is 13.3. The lowest BCUT2D eigenvalue weighted by molar-refractivity contribution is -0.117. The number of nitrogens with one attached hydrogen (secondary N) is 2. The molecule has 152 valence electrons. The van der Waals surface area contributed by atoms with Gasteiger partial charge in [0, 0.05) is 28.9 Å². The summed E-state index contributed by atoms with van der Waals surface area (Å²) in [6.07, 6.45) is 3.96. The number of hydrogen-bond donors (Lipinski definition) is 2. The van der Waals surface area contributed by atoms with Gasteiger partial charge in [-0.15, -0.1) is 0 Å². The summed E-state index contributed by atoms with van der Waals surface area (Å²) < 4.78 is 31.6. The molecule has 4 rings (SSSR count). The van der Waals surface area contributed by atoms with Crippen LogP contribution in [0.2, 0.25) is 0 Å². The molecular formula is C22H23F2N3O2. The standard InChI is InChI=1S/C22H23F2N3O2/c1-29-16-3-5-21-17(11-16)18(12-25-21)14-6-8-27(9-7-14)13-22(28)26-15-2-4-19(23)20(24)10-15/h2-5,10-12,14,25H,6-9,13H2,1H3,(H,26,28). The molecule has 0 saturated carbocycles. The Hall–Kier alpha value is -2.93. The third-order valence-electron chi connectivity index (χ3n) is 5.52. The highest BCUT2D eigenvalue weighted by Crippen LogP contribution is 2.34. The topological polar surface area (TPSA) is 57.4 Å². The van der Waals surface area contributed by atoms with Crippen LogP contribution in [0.4, 0.5) is 14.5 Å². The van der Waals surface area contributed by atoms with Gasteiger partial charge >= 0.3 is 0 Å². The number of H-pyrrole nitrogens is 1. The van der Waals surface area contributed by atoms with Gasteiger partial charge in [0.25, 0.3) is 0 Å². The van der Waals surface area contributed by atoms with Crippen LogP contribution in [-0.2, 0) is 4.79 Å². The molecule has 1 aliphatic heterocycles. The van der Waals surface area contributed by atoms with E-state index in [4.69, 9.17) is 4.74 Å². The summed E-state index contributed by atoms with van der Waals surface area (Å²) in [5, 5.41) is 3.81. The van der Waals surface area contributed by atoms with Crippen molar-refractivity contribution in [3.63, 3.8) is 0 Å². The molecule has 7 heteroatoms. The Morgan fingerprint density at radius 3 is 2.69 bits per heavy atom. The first kappa shape index (κ1) is 19.4. The molecule has 2 N–H and O–H groups in total. The molecule has 2 aromatic carbocycles. The third kappa shape index (κ3) is 4.24. The Labute approximate surface area is 167 Å². The molecule has 1 aromatic heterocycles.